The summed E-state index contributed by atoms with van der Waals surface area (Å²) in [5, 5.41) is 3.87. The number of sulfone groups is 1. The van der Waals surface area contributed by atoms with E-state index in [0.29, 0.717) is 28.4 Å². The molecule has 4 unspecified atom stereocenters. The lowest BCUT2D eigenvalue weighted by molar-refractivity contribution is -0.132. The maximum Gasteiger partial charge on any atom is 0.175 e. The van der Waals surface area contributed by atoms with Gasteiger partial charge < -0.3 is 10.1 Å². The fraction of sp³-hybridized carbons (Fsp3) is 0.684. The summed E-state index contributed by atoms with van der Waals surface area (Å²) in [4.78, 5) is 0.388. The molecule has 2 saturated carbocycles. The Morgan fingerprint density at radius 3 is 2.50 bits per heavy atom. The molecule has 4 nitrogen and oxygen atoms in total. The van der Waals surface area contributed by atoms with Gasteiger partial charge in [0.1, 0.15) is 0 Å². The van der Waals surface area contributed by atoms with Gasteiger partial charge >= 0.3 is 0 Å². The fourth-order valence-electron chi connectivity index (χ4n) is 5.31. The number of benzene rings is 1. The molecule has 1 N–H and O–H groups in total. The van der Waals surface area contributed by atoms with E-state index in [1.54, 1.807) is 12.1 Å². The van der Waals surface area contributed by atoms with Crippen LogP contribution in [0.25, 0.3) is 0 Å². The lowest BCUT2D eigenvalue weighted by Crippen LogP contribution is -2.67. The average Bonchev–Trinajstić information content (AvgIpc) is 3.20. The van der Waals surface area contributed by atoms with Crippen LogP contribution in [-0.2, 0) is 14.6 Å². The smallest absolute Gasteiger partial charge is 0.175 e. The molecule has 0 bridgehead atoms. The van der Waals surface area contributed by atoms with E-state index in [0.717, 1.165) is 12.2 Å². The van der Waals surface area contributed by atoms with Gasteiger partial charge in [0.25, 0.3) is 0 Å². The summed E-state index contributed by atoms with van der Waals surface area (Å²) in [7, 11) is -3.13. The molecule has 1 aromatic carbocycles. The highest BCUT2D eigenvalue weighted by molar-refractivity contribution is 7.90. The van der Waals surface area contributed by atoms with E-state index in [1.807, 2.05) is 12.1 Å². The predicted octanol–water partition coefficient (Wildman–Crippen LogP) is 3.09. The van der Waals surface area contributed by atoms with E-state index < -0.39 is 9.84 Å². The Kier molecular flexibility index (Phi) is 4.01. The number of nitrogens with one attached hydrogen (secondary N) is 1. The third-order valence-corrected chi connectivity index (χ3v) is 7.65. The van der Waals surface area contributed by atoms with Gasteiger partial charge in [0.05, 0.1) is 11.0 Å². The second kappa shape index (κ2) is 5.82. The number of ether oxygens (including phenoxy) is 1. The first-order chi connectivity index (χ1) is 11.4. The summed E-state index contributed by atoms with van der Waals surface area (Å²) in [6.45, 7) is 3.09. The Bertz CT molecular complexity index is 707. The van der Waals surface area contributed by atoms with Crippen LogP contribution >= 0.6 is 0 Å². The number of fused-ring (bicyclic) bond motifs is 2. The molecule has 2 aliphatic carbocycles. The molecule has 1 heterocycles. The summed E-state index contributed by atoms with van der Waals surface area (Å²) in [6, 6.07) is 8.08. The van der Waals surface area contributed by atoms with E-state index in [-0.39, 0.29) is 6.04 Å². The zero-order valence-corrected chi connectivity index (χ0v) is 15.3. The largest absolute Gasteiger partial charge is 0.377 e. The minimum Gasteiger partial charge on any atom is -0.377 e. The number of hydrogen-bond acceptors (Lipinski definition) is 4. The van der Waals surface area contributed by atoms with Crippen molar-refractivity contribution >= 4 is 9.84 Å². The van der Waals surface area contributed by atoms with Gasteiger partial charge in [-0.25, -0.2) is 8.42 Å². The standard InChI is InChI=1S/C19H27NO3S/c1-13(14-5-7-15(8-6-14)24(2,21)22)20-17-16-9-12-23-18(16)19(17)10-3-4-11-19/h5-8,13,16-18,20H,3-4,9-12H2,1-2H3. The molecule has 0 radical (unpaired) electrons. The van der Waals surface area contributed by atoms with Crippen LogP contribution in [0.3, 0.4) is 0 Å². The molecule has 24 heavy (non-hydrogen) atoms. The van der Waals surface area contributed by atoms with Gasteiger partial charge in [-0.15, -0.1) is 0 Å². The molecular formula is C19H27NO3S. The third-order valence-electron chi connectivity index (χ3n) is 6.52. The molecule has 4 rings (SSSR count). The number of rotatable bonds is 4. The highest BCUT2D eigenvalue weighted by atomic mass is 32.2. The van der Waals surface area contributed by atoms with Crippen molar-refractivity contribution in [3.8, 4) is 0 Å². The summed E-state index contributed by atoms with van der Waals surface area (Å²) in [5.41, 5.74) is 1.50. The third kappa shape index (κ3) is 2.52. The van der Waals surface area contributed by atoms with Crippen molar-refractivity contribution in [2.75, 3.05) is 12.9 Å². The molecule has 0 amide bonds. The maximum atomic E-state index is 11.6. The topological polar surface area (TPSA) is 55.4 Å². The molecule has 3 fully saturated rings. The molecule has 3 aliphatic rings. The fourth-order valence-corrected chi connectivity index (χ4v) is 5.94. The van der Waals surface area contributed by atoms with E-state index in [1.165, 1.54) is 38.4 Å². The SMILES string of the molecule is CC(NC1C2CCOC2C12CCCC2)c1ccc(S(C)(=O)=O)cc1. The molecule has 1 aliphatic heterocycles. The van der Waals surface area contributed by atoms with Crippen molar-refractivity contribution in [2.24, 2.45) is 11.3 Å². The molecule has 4 atom stereocenters. The summed E-state index contributed by atoms with van der Waals surface area (Å²) < 4.78 is 29.3. The van der Waals surface area contributed by atoms with Crippen molar-refractivity contribution < 1.29 is 13.2 Å². The predicted molar refractivity (Wildman–Crippen MR) is 93.6 cm³/mol. The summed E-state index contributed by atoms with van der Waals surface area (Å²) >= 11 is 0. The molecule has 1 saturated heterocycles. The van der Waals surface area contributed by atoms with Crippen LogP contribution in [0.2, 0.25) is 0 Å². The first-order valence-electron chi connectivity index (χ1n) is 9.09. The van der Waals surface area contributed by atoms with Gasteiger partial charge in [-0.3, -0.25) is 0 Å². The Morgan fingerprint density at radius 2 is 1.88 bits per heavy atom. The zero-order chi connectivity index (χ0) is 16.9. The first-order valence-corrected chi connectivity index (χ1v) is 11.0. The lowest BCUT2D eigenvalue weighted by atomic mass is 9.54. The monoisotopic (exact) mass is 349 g/mol. The van der Waals surface area contributed by atoms with Crippen LogP contribution in [-0.4, -0.2) is 33.4 Å². The molecule has 1 spiro atoms. The molecule has 0 aromatic heterocycles. The lowest BCUT2D eigenvalue weighted by Gasteiger charge is -2.57. The van der Waals surface area contributed by atoms with Crippen LogP contribution in [0.1, 0.15) is 50.6 Å². The molecule has 132 valence electrons. The maximum absolute atomic E-state index is 11.6. The zero-order valence-electron chi connectivity index (χ0n) is 14.5. The van der Waals surface area contributed by atoms with Crippen LogP contribution in [0, 0.1) is 11.3 Å². The second-order valence-electron chi connectivity index (χ2n) is 7.89. The highest BCUT2D eigenvalue weighted by Crippen LogP contribution is 2.61. The Hall–Kier alpha value is -0.910. The van der Waals surface area contributed by atoms with Crippen molar-refractivity contribution in [1.82, 2.24) is 5.32 Å². The van der Waals surface area contributed by atoms with Gasteiger partial charge in [0, 0.05) is 36.3 Å². The first kappa shape index (κ1) is 16.6. The van der Waals surface area contributed by atoms with Gasteiger partial charge in [-0.2, -0.15) is 0 Å². The number of hydrogen-bond donors (Lipinski definition) is 1. The Morgan fingerprint density at radius 1 is 1.21 bits per heavy atom. The van der Waals surface area contributed by atoms with Crippen molar-refractivity contribution in [1.29, 1.82) is 0 Å². The van der Waals surface area contributed by atoms with Crippen LogP contribution in [0.15, 0.2) is 29.2 Å². The van der Waals surface area contributed by atoms with Crippen LogP contribution in [0.4, 0.5) is 0 Å². The highest BCUT2D eigenvalue weighted by Gasteiger charge is 2.64. The molecule has 1 aromatic rings. The van der Waals surface area contributed by atoms with Gasteiger partial charge in [0.15, 0.2) is 9.84 Å². The average molecular weight is 349 g/mol. The van der Waals surface area contributed by atoms with Crippen molar-refractivity contribution in [2.45, 2.75) is 62.1 Å². The van der Waals surface area contributed by atoms with Gasteiger partial charge in [-0.1, -0.05) is 25.0 Å². The normalized spacial score (nSPS) is 32.5. The van der Waals surface area contributed by atoms with E-state index >= 15 is 0 Å². The van der Waals surface area contributed by atoms with Crippen LogP contribution < -0.4 is 5.32 Å². The second-order valence-corrected chi connectivity index (χ2v) is 9.91. The molecule has 5 heteroatoms. The summed E-state index contributed by atoms with van der Waals surface area (Å²) in [6.07, 6.45) is 8.10. The van der Waals surface area contributed by atoms with Crippen molar-refractivity contribution in [3.05, 3.63) is 29.8 Å². The summed E-state index contributed by atoms with van der Waals surface area (Å²) in [5.74, 6) is 0.654. The van der Waals surface area contributed by atoms with E-state index in [2.05, 4.69) is 12.2 Å². The minimum absolute atomic E-state index is 0.225. The van der Waals surface area contributed by atoms with Crippen molar-refractivity contribution in [3.63, 3.8) is 0 Å². The van der Waals surface area contributed by atoms with Crippen LogP contribution in [0.5, 0.6) is 0 Å². The van der Waals surface area contributed by atoms with Gasteiger partial charge in [-0.05, 0) is 43.9 Å². The van der Waals surface area contributed by atoms with Gasteiger partial charge in [0.2, 0.25) is 0 Å². The minimum atomic E-state index is -3.13. The van der Waals surface area contributed by atoms with E-state index in [4.69, 9.17) is 4.74 Å². The Labute approximate surface area is 144 Å². The Balaban J connectivity index is 1.50. The molecular weight excluding hydrogens is 322 g/mol. The van der Waals surface area contributed by atoms with E-state index in [9.17, 15) is 8.42 Å². The quantitative estimate of drug-likeness (QED) is 0.907.